The van der Waals surface area contributed by atoms with Gasteiger partial charge < -0.3 is 10.6 Å². The number of nitrogens with zero attached hydrogens (tertiary/aromatic N) is 1. The van der Waals surface area contributed by atoms with Crippen molar-refractivity contribution in [2.75, 3.05) is 13.1 Å². The van der Waals surface area contributed by atoms with Crippen molar-refractivity contribution in [3.8, 4) is 0 Å². The van der Waals surface area contributed by atoms with Crippen LogP contribution in [0.25, 0.3) is 0 Å². The molecule has 18 heavy (non-hydrogen) atoms. The first kappa shape index (κ1) is 15.1. The molecule has 0 amide bonds. The molecular formula is C14H22F2N2. The third kappa shape index (κ3) is 3.75. The van der Waals surface area contributed by atoms with E-state index in [2.05, 4.69) is 25.7 Å². The first-order valence-corrected chi connectivity index (χ1v) is 6.40. The highest BCUT2D eigenvalue weighted by molar-refractivity contribution is 5.22. The van der Waals surface area contributed by atoms with Crippen molar-refractivity contribution < 1.29 is 8.78 Å². The Hall–Kier alpha value is -1.00. The van der Waals surface area contributed by atoms with E-state index >= 15 is 0 Å². The van der Waals surface area contributed by atoms with Gasteiger partial charge in [0.1, 0.15) is 0 Å². The molecule has 4 heteroatoms. The maximum absolute atomic E-state index is 13.5. The zero-order chi connectivity index (χ0) is 13.7. The molecule has 0 spiro atoms. The maximum atomic E-state index is 13.5. The van der Waals surface area contributed by atoms with Crippen molar-refractivity contribution >= 4 is 0 Å². The summed E-state index contributed by atoms with van der Waals surface area (Å²) in [5, 5.41) is 0. The number of hydrogen-bond donors (Lipinski definition) is 1. The monoisotopic (exact) mass is 256 g/mol. The van der Waals surface area contributed by atoms with Gasteiger partial charge in [-0.2, -0.15) is 0 Å². The van der Waals surface area contributed by atoms with Crippen LogP contribution in [0.1, 0.15) is 38.8 Å². The lowest BCUT2D eigenvalue weighted by Gasteiger charge is -2.26. The minimum Gasteiger partial charge on any atom is -0.324 e. The van der Waals surface area contributed by atoms with E-state index in [1.54, 1.807) is 6.07 Å². The molecule has 1 atom stereocenters. The van der Waals surface area contributed by atoms with E-state index in [1.807, 2.05) is 0 Å². The fourth-order valence-electron chi connectivity index (χ4n) is 2.05. The molecular weight excluding hydrogens is 234 g/mol. The third-order valence-electron chi connectivity index (χ3n) is 3.24. The largest absolute Gasteiger partial charge is 0.324 e. The van der Waals surface area contributed by atoms with Gasteiger partial charge in [0.15, 0.2) is 11.6 Å². The molecule has 1 unspecified atom stereocenters. The zero-order valence-electron chi connectivity index (χ0n) is 11.3. The fourth-order valence-corrected chi connectivity index (χ4v) is 2.05. The van der Waals surface area contributed by atoms with E-state index in [1.165, 1.54) is 6.07 Å². The zero-order valence-corrected chi connectivity index (χ0v) is 11.3. The summed E-state index contributed by atoms with van der Waals surface area (Å²) in [6.07, 6.45) is 0.617. The van der Waals surface area contributed by atoms with Crippen LogP contribution in [0.15, 0.2) is 18.2 Å². The predicted molar refractivity (Wildman–Crippen MR) is 70.3 cm³/mol. The molecule has 0 aliphatic carbocycles. The van der Waals surface area contributed by atoms with Crippen LogP contribution in [0.3, 0.4) is 0 Å². The van der Waals surface area contributed by atoms with Gasteiger partial charge in [-0.15, -0.1) is 0 Å². The van der Waals surface area contributed by atoms with E-state index in [9.17, 15) is 8.78 Å². The highest BCUT2D eigenvalue weighted by Gasteiger charge is 2.16. The molecule has 1 rings (SSSR count). The number of hydrogen-bond acceptors (Lipinski definition) is 2. The minimum absolute atomic E-state index is 0.259. The summed E-state index contributed by atoms with van der Waals surface area (Å²) in [5.74, 6) is -1.66. The molecule has 0 radical (unpaired) electrons. The Kier molecular flexibility index (Phi) is 5.69. The lowest BCUT2D eigenvalue weighted by molar-refractivity contribution is 0.224. The molecule has 0 saturated carbocycles. The van der Waals surface area contributed by atoms with Gasteiger partial charge >= 0.3 is 0 Å². The van der Waals surface area contributed by atoms with Crippen LogP contribution in [0, 0.1) is 11.6 Å². The standard InChI is InChI=1S/C14H22F2N2/c1-4-18(10(2)3)9-8-13(17)11-6-5-7-12(15)14(11)16/h5-7,10,13H,4,8-9,17H2,1-3H3. The summed E-state index contributed by atoms with van der Waals surface area (Å²) in [7, 11) is 0. The van der Waals surface area contributed by atoms with E-state index in [4.69, 9.17) is 5.73 Å². The summed E-state index contributed by atoms with van der Waals surface area (Å²) in [4.78, 5) is 2.25. The molecule has 0 aromatic heterocycles. The Morgan fingerprint density at radius 1 is 1.28 bits per heavy atom. The predicted octanol–water partition coefficient (Wildman–Crippen LogP) is 3.09. The second-order valence-corrected chi connectivity index (χ2v) is 4.76. The van der Waals surface area contributed by atoms with E-state index < -0.39 is 17.7 Å². The van der Waals surface area contributed by atoms with Crippen LogP contribution in [0.2, 0.25) is 0 Å². The minimum atomic E-state index is -0.834. The molecule has 102 valence electrons. The van der Waals surface area contributed by atoms with Crippen molar-refractivity contribution in [3.05, 3.63) is 35.4 Å². The summed E-state index contributed by atoms with van der Waals surface area (Å²) < 4.78 is 26.6. The highest BCUT2D eigenvalue weighted by Crippen LogP contribution is 2.20. The molecule has 0 aliphatic heterocycles. The Morgan fingerprint density at radius 2 is 1.94 bits per heavy atom. The van der Waals surface area contributed by atoms with Crippen LogP contribution in [0.4, 0.5) is 8.78 Å². The molecule has 0 saturated heterocycles. The average molecular weight is 256 g/mol. The van der Waals surface area contributed by atoms with Crippen molar-refractivity contribution in [3.63, 3.8) is 0 Å². The van der Waals surface area contributed by atoms with Gasteiger partial charge in [0.05, 0.1) is 0 Å². The Morgan fingerprint density at radius 3 is 2.50 bits per heavy atom. The van der Waals surface area contributed by atoms with Crippen molar-refractivity contribution in [2.45, 2.75) is 39.3 Å². The number of rotatable bonds is 6. The molecule has 1 aromatic carbocycles. The quantitative estimate of drug-likeness (QED) is 0.847. The first-order valence-electron chi connectivity index (χ1n) is 6.40. The molecule has 0 fully saturated rings. The molecule has 2 nitrogen and oxygen atoms in total. The molecule has 1 aromatic rings. The SMILES string of the molecule is CCN(CCC(N)c1cccc(F)c1F)C(C)C. The van der Waals surface area contributed by atoms with Crippen molar-refractivity contribution in [1.82, 2.24) is 4.90 Å². The number of nitrogens with two attached hydrogens (primary N) is 1. The normalized spacial score (nSPS) is 13.3. The Labute approximate surface area is 108 Å². The van der Waals surface area contributed by atoms with Gasteiger partial charge in [-0.3, -0.25) is 0 Å². The lowest BCUT2D eigenvalue weighted by atomic mass is 10.0. The van der Waals surface area contributed by atoms with Gasteiger partial charge in [-0.25, -0.2) is 8.78 Å². The van der Waals surface area contributed by atoms with Crippen LogP contribution >= 0.6 is 0 Å². The molecule has 2 N–H and O–H groups in total. The van der Waals surface area contributed by atoms with Gasteiger partial charge in [0.2, 0.25) is 0 Å². The summed E-state index contributed by atoms with van der Waals surface area (Å²) in [6, 6.07) is 4.12. The topological polar surface area (TPSA) is 29.3 Å². The smallest absolute Gasteiger partial charge is 0.163 e. The second-order valence-electron chi connectivity index (χ2n) is 4.76. The first-order chi connectivity index (χ1) is 8.47. The summed E-state index contributed by atoms with van der Waals surface area (Å²) >= 11 is 0. The molecule has 0 bridgehead atoms. The van der Waals surface area contributed by atoms with Crippen LogP contribution in [-0.2, 0) is 0 Å². The highest BCUT2D eigenvalue weighted by atomic mass is 19.2. The third-order valence-corrected chi connectivity index (χ3v) is 3.24. The number of benzene rings is 1. The van der Waals surface area contributed by atoms with Gasteiger partial charge in [-0.1, -0.05) is 19.1 Å². The summed E-state index contributed by atoms with van der Waals surface area (Å²) in [6.45, 7) is 8.01. The Balaban J connectivity index is 2.65. The van der Waals surface area contributed by atoms with E-state index in [-0.39, 0.29) is 5.56 Å². The second kappa shape index (κ2) is 6.81. The van der Waals surface area contributed by atoms with Crippen LogP contribution < -0.4 is 5.73 Å². The van der Waals surface area contributed by atoms with Gasteiger partial charge in [0, 0.05) is 24.2 Å². The van der Waals surface area contributed by atoms with Crippen LogP contribution in [0.5, 0.6) is 0 Å². The molecule has 0 heterocycles. The maximum Gasteiger partial charge on any atom is 0.163 e. The van der Waals surface area contributed by atoms with Crippen LogP contribution in [-0.4, -0.2) is 24.0 Å². The van der Waals surface area contributed by atoms with E-state index in [0.29, 0.717) is 12.5 Å². The molecule has 0 aliphatic rings. The number of halogens is 2. The van der Waals surface area contributed by atoms with Crippen molar-refractivity contribution in [2.24, 2.45) is 5.73 Å². The Bertz CT molecular complexity index is 380. The fraction of sp³-hybridized carbons (Fsp3) is 0.571. The van der Waals surface area contributed by atoms with Gasteiger partial charge in [-0.05, 0) is 32.9 Å². The summed E-state index contributed by atoms with van der Waals surface area (Å²) in [5.41, 5.74) is 6.19. The van der Waals surface area contributed by atoms with Gasteiger partial charge in [0.25, 0.3) is 0 Å². The lowest BCUT2D eigenvalue weighted by Crippen LogP contribution is -2.33. The van der Waals surface area contributed by atoms with E-state index in [0.717, 1.165) is 19.2 Å². The average Bonchev–Trinajstić information content (AvgIpc) is 2.32. The van der Waals surface area contributed by atoms with Crippen molar-refractivity contribution in [1.29, 1.82) is 0 Å².